The first-order chi connectivity index (χ1) is 6.84. The Hall–Kier alpha value is -1.36. The highest BCUT2D eigenvalue weighted by Crippen LogP contribution is 2.18. The van der Waals surface area contributed by atoms with E-state index in [2.05, 4.69) is 20.8 Å². The second-order valence-electron chi connectivity index (χ2n) is 3.51. The molecule has 1 aliphatic rings. The lowest BCUT2D eigenvalue weighted by Crippen LogP contribution is -2.23. The van der Waals surface area contributed by atoms with Crippen molar-refractivity contribution in [3.8, 4) is 0 Å². The van der Waals surface area contributed by atoms with Crippen LogP contribution in [0.4, 0.5) is 5.69 Å². The van der Waals surface area contributed by atoms with E-state index in [1.54, 1.807) is 12.4 Å². The highest BCUT2D eigenvalue weighted by Gasteiger charge is 2.19. The molecule has 0 aromatic carbocycles. The predicted molar refractivity (Wildman–Crippen MR) is 52.9 cm³/mol. The van der Waals surface area contributed by atoms with Crippen LogP contribution in [0.15, 0.2) is 12.4 Å². The number of aromatic nitrogens is 2. The molecule has 0 spiro atoms. The molecule has 1 heterocycles. The van der Waals surface area contributed by atoms with Gasteiger partial charge in [0.25, 0.3) is 0 Å². The molecular weight excluding hydrogens is 180 g/mol. The van der Waals surface area contributed by atoms with Crippen molar-refractivity contribution in [1.82, 2.24) is 15.5 Å². The summed E-state index contributed by atoms with van der Waals surface area (Å²) < 4.78 is 0. The molecule has 1 amide bonds. The minimum atomic E-state index is 0.0274. The second-order valence-corrected chi connectivity index (χ2v) is 3.51. The third-order valence-corrected chi connectivity index (χ3v) is 2.14. The SMILES string of the molecule is O=C(CCNC1CC1)Nc1cn[nH]c1. The van der Waals surface area contributed by atoms with Gasteiger partial charge in [-0.3, -0.25) is 9.89 Å². The third kappa shape index (κ3) is 2.85. The first kappa shape index (κ1) is 9.21. The molecule has 0 unspecified atom stereocenters. The van der Waals surface area contributed by atoms with Gasteiger partial charge < -0.3 is 10.6 Å². The van der Waals surface area contributed by atoms with E-state index in [9.17, 15) is 4.79 Å². The van der Waals surface area contributed by atoms with Gasteiger partial charge in [0, 0.05) is 25.2 Å². The number of amides is 1. The van der Waals surface area contributed by atoms with Crippen LogP contribution in [-0.2, 0) is 4.79 Å². The van der Waals surface area contributed by atoms with Gasteiger partial charge in [0.05, 0.1) is 11.9 Å². The van der Waals surface area contributed by atoms with E-state index >= 15 is 0 Å². The van der Waals surface area contributed by atoms with Crippen LogP contribution in [0.5, 0.6) is 0 Å². The second kappa shape index (κ2) is 4.23. The lowest BCUT2D eigenvalue weighted by atomic mass is 10.4. The van der Waals surface area contributed by atoms with Crippen LogP contribution in [0.3, 0.4) is 0 Å². The number of anilines is 1. The molecule has 1 aromatic rings. The quantitative estimate of drug-likeness (QED) is 0.639. The van der Waals surface area contributed by atoms with Crippen molar-refractivity contribution in [2.75, 3.05) is 11.9 Å². The Labute approximate surface area is 82.3 Å². The fourth-order valence-corrected chi connectivity index (χ4v) is 1.22. The smallest absolute Gasteiger partial charge is 0.225 e. The molecule has 76 valence electrons. The van der Waals surface area contributed by atoms with E-state index in [4.69, 9.17) is 0 Å². The average Bonchev–Trinajstić information content (AvgIpc) is 2.83. The molecule has 14 heavy (non-hydrogen) atoms. The zero-order valence-electron chi connectivity index (χ0n) is 7.92. The van der Waals surface area contributed by atoms with Crippen molar-refractivity contribution >= 4 is 11.6 Å². The van der Waals surface area contributed by atoms with E-state index in [0.29, 0.717) is 12.5 Å². The molecule has 5 heteroatoms. The maximum absolute atomic E-state index is 11.3. The normalized spacial score (nSPS) is 15.4. The number of carbonyl (C=O) groups excluding carboxylic acids is 1. The van der Waals surface area contributed by atoms with Crippen molar-refractivity contribution in [2.24, 2.45) is 0 Å². The van der Waals surface area contributed by atoms with E-state index in [0.717, 1.165) is 12.2 Å². The summed E-state index contributed by atoms with van der Waals surface area (Å²) in [6.07, 6.45) is 6.27. The van der Waals surface area contributed by atoms with Crippen molar-refractivity contribution in [3.05, 3.63) is 12.4 Å². The number of carbonyl (C=O) groups is 1. The van der Waals surface area contributed by atoms with Gasteiger partial charge in [0.1, 0.15) is 0 Å². The summed E-state index contributed by atoms with van der Waals surface area (Å²) >= 11 is 0. The summed E-state index contributed by atoms with van der Waals surface area (Å²) in [5.74, 6) is 0.0274. The lowest BCUT2D eigenvalue weighted by Gasteiger charge is -2.02. The molecule has 2 rings (SSSR count). The average molecular weight is 194 g/mol. The minimum Gasteiger partial charge on any atom is -0.323 e. The van der Waals surface area contributed by atoms with Crippen molar-refractivity contribution in [3.63, 3.8) is 0 Å². The van der Waals surface area contributed by atoms with Crippen LogP contribution in [-0.4, -0.2) is 28.7 Å². The summed E-state index contributed by atoms with van der Waals surface area (Å²) in [5.41, 5.74) is 0.724. The Morgan fingerprint density at radius 3 is 3.14 bits per heavy atom. The number of nitrogens with one attached hydrogen (secondary N) is 3. The molecule has 0 bridgehead atoms. The summed E-state index contributed by atoms with van der Waals surface area (Å²) in [4.78, 5) is 11.3. The van der Waals surface area contributed by atoms with Gasteiger partial charge in [-0.25, -0.2) is 0 Å². The topological polar surface area (TPSA) is 69.8 Å². The van der Waals surface area contributed by atoms with Gasteiger partial charge in [-0.05, 0) is 12.8 Å². The van der Waals surface area contributed by atoms with Crippen molar-refractivity contribution in [1.29, 1.82) is 0 Å². The van der Waals surface area contributed by atoms with Crippen LogP contribution < -0.4 is 10.6 Å². The first-order valence-electron chi connectivity index (χ1n) is 4.86. The Morgan fingerprint density at radius 2 is 2.50 bits per heavy atom. The number of aromatic amines is 1. The van der Waals surface area contributed by atoms with Crippen LogP contribution >= 0.6 is 0 Å². The van der Waals surface area contributed by atoms with Gasteiger partial charge in [-0.15, -0.1) is 0 Å². The summed E-state index contributed by atoms with van der Waals surface area (Å²) in [7, 11) is 0. The molecule has 5 nitrogen and oxygen atoms in total. The third-order valence-electron chi connectivity index (χ3n) is 2.14. The van der Waals surface area contributed by atoms with E-state index in [1.807, 2.05) is 0 Å². The van der Waals surface area contributed by atoms with Crippen molar-refractivity contribution in [2.45, 2.75) is 25.3 Å². The maximum atomic E-state index is 11.3. The number of H-pyrrole nitrogens is 1. The highest BCUT2D eigenvalue weighted by molar-refractivity contribution is 5.90. The lowest BCUT2D eigenvalue weighted by molar-refractivity contribution is -0.116. The van der Waals surface area contributed by atoms with Crippen molar-refractivity contribution < 1.29 is 4.79 Å². The molecule has 0 radical (unpaired) electrons. The number of rotatable bonds is 5. The molecule has 3 N–H and O–H groups in total. The maximum Gasteiger partial charge on any atom is 0.225 e. The molecule has 1 aromatic heterocycles. The fourth-order valence-electron chi connectivity index (χ4n) is 1.22. The molecular formula is C9H14N4O. The van der Waals surface area contributed by atoms with Crippen LogP contribution in [0.1, 0.15) is 19.3 Å². The molecule has 0 saturated heterocycles. The Kier molecular flexibility index (Phi) is 2.78. The van der Waals surface area contributed by atoms with Crippen LogP contribution in [0.2, 0.25) is 0 Å². The fraction of sp³-hybridized carbons (Fsp3) is 0.556. The van der Waals surface area contributed by atoms with Gasteiger partial charge >= 0.3 is 0 Å². The highest BCUT2D eigenvalue weighted by atomic mass is 16.1. The molecule has 1 aliphatic carbocycles. The zero-order chi connectivity index (χ0) is 9.80. The van der Waals surface area contributed by atoms with E-state index in [1.165, 1.54) is 12.8 Å². The number of nitrogens with zero attached hydrogens (tertiary/aromatic N) is 1. The van der Waals surface area contributed by atoms with E-state index < -0.39 is 0 Å². The standard InChI is InChI=1S/C9H14N4O/c14-9(3-4-10-7-1-2-7)13-8-5-11-12-6-8/h5-7,10H,1-4H2,(H,11,12)(H,13,14). The van der Waals surface area contributed by atoms with Crippen LogP contribution in [0, 0.1) is 0 Å². The molecule has 1 fully saturated rings. The summed E-state index contributed by atoms with van der Waals surface area (Å²) in [5, 5.41) is 12.4. The zero-order valence-corrected chi connectivity index (χ0v) is 7.92. The predicted octanol–water partition coefficient (Wildman–Crippen LogP) is 0.490. The Bertz CT molecular complexity index is 292. The molecule has 0 aliphatic heterocycles. The number of hydrogen-bond donors (Lipinski definition) is 3. The molecule has 1 saturated carbocycles. The Morgan fingerprint density at radius 1 is 1.64 bits per heavy atom. The summed E-state index contributed by atoms with van der Waals surface area (Å²) in [6, 6.07) is 0.664. The van der Waals surface area contributed by atoms with E-state index in [-0.39, 0.29) is 5.91 Å². The van der Waals surface area contributed by atoms with Crippen LogP contribution in [0.25, 0.3) is 0 Å². The number of hydrogen-bond acceptors (Lipinski definition) is 3. The van der Waals surface area contributed by atoms with Gasteiger partial charge in [-0.1, -0.05) is 0 Å². The molecule has 0 atom stereocenters. The van der Waals surface area contributed by atoms with Gasteiger partial charge in [0.15, 0.2) is 0 Å². The summed E-state index contributed by atoms with van der Waals surface area (Å²) in [6.45, 7) is 0.758. The Balaban J connectivity index is 1.62. The van der Waals surface area contributed by atoms with Gasteiger partial charge in [-0.2, -0.15) is 5.10 Å². The minimum absolute atomic E-state index is 0.0274. The largest absolute Gasteiger partial charge is 0.323 e. The first-order valence-corrected chi connectivity index (χ1v) is 4.86. The monoisotopic (exact) mass is 194 g/mol. The van der Waals surface area contributed by atoms with Gasteiger partial charge in [0.2, 0.25) is 5.91 Å².